The van der Waals surface area contributed by atoms with Crippen molar-refractivity contribution in [1.29, 1.82) is 0 Å². The zero-order chi connectivity index (χ0) is 15.8. The number of aryl methyl sites for hydroxylation is 2. The van der Waals surface area contributed by atoms with E-state index in [1.165, 1.54) is 12.1 Å². The summed E-state index contributed by atoms with van der Waals surface area (Å²) in [4.78, 5) is -0.0715. The van der Waals surface area contributed by atoms with Crippen molar-refractivity contribution in [2.45, 2.75) is 18.7 Å². The van der Waals surface area contributed by atoms with E-state index in [1.807, 2.05) is 13.0 Å². The van der Waals surface area contributed by atoms with E-state index in [-0.39, 0.29) is 20.7 Å². The SMILES string of the molecule is Cc1ccc(C)c(OS(=O)(=O)c2cc(Cl)c(Cl)cc2Br)c1. The standard InChI is InChI=1S/C14H11BrCl2O3S/c1-8-3-4-9(2)13(5-8)20-21(18,19)14-7-12(17)11(16)6-10(14)15/h3-7H,1-2H3. The number of hydrogen-bond acceptors (Lipinski definition) is 3. The van der Waals surface area contributed by atoms with E-state index < -0.39 is 10.1 Å². The van der Waals surface area contributed by atoms with Crippen LogP contribution in [-0.2, 0) is 10.1 Å². The van der Waals surface area contributed by atoms with Crippen LogP contribution in [0.15, 0.2) is 39.7 Å². The molecule has 7 heteroatoms. The van der Waals surface area contributed by atoms with Gasteiger partial charge in [0.1, 0.15) is 10.6 Å². The fourth-order valence-electron chi connectivity index (χ4n) is 1.66. The molecule has 0 saturated carbocycles. The summed E-state index contributed by atoms with van der Waals surface area (Å²) in [6.45, 7) is 3.63. The second-order valence-electron chi connectivity index (χ2n) is 4.50. The van der Waals surface area contributed by atoms with Crippen LogP contribution in [0.4, 0.5) is 0 Å². The molecule has 112 valence electrons. The molecular formula is C14H11BrCl2O3S. The van der Waals surface area contributed by atoms with Crippen LogP contribution < -0.4 is 4.18 Å². The van der Waals surface area contributed by atoms with E-state index in [9.17, 15) is 8.42 Å². The van der Waals surface area contributed by atoms with Crippen LogP contribution in [0.3, 0.4) is 0 Å². The Kier molecular flexibility index (Phi) is 4.88. The second kappa shape index (κ2) is 6.16. The summed E-state index contributed by atoms with van der Waals surface area (Å²) in [5.74, 6) is 0.285. The topological polar surface area (TPSA) is 43.4 Å². The van der Waals surface area contributed by atoms with Crippen molar-refractivity contribution in [2.24, 2.45) is 0 Å². The van der Waals surface area contributed by atoms with Crippen LogP contribution in [-0.4, -0.2) is 8.42 Å². The van der Waals surface area contributed by atoms with Crippen molar-refractivity contribution in [1.82, 2.24) is 0 Å². The lowest BCUT2D eigenvalue weighted by atomic mass is 10.1. The van der Waals surface area contributed by atoms with Gasteiger partial charge in [0.25, 0.3) is 0 Å². The highest BCUT2D eigenvalue weighted by Crippen LogP contribution is 2.33. The highest BCUT2D eigenvalue weighted by molar-refractivity contribution is 9.10. The van der Waals surface area contributed by atoms with Gasteiger partial charge in [0.15, 0.2) is 0 Å². The van der Waals surface area contributed by atoms with Gasteiger partial charge in [0.05, 0.1) is 10.0 Å². The van der Waals surface area contributed by atoms with Crippen molar-refractivity contribution >= 4 is 49.2 Å². The Bertz CT molecular complexity index is 804. The van der Waals surface area contributed by atoms with E-state index in [0.717, 1.165) is 11.1 Å². The first-order valence-corrected chi connectivity index (χ1v) is 8.83. The Morgan fingerprint density at radius 1 is 1.05 bits per heavy atom. The lowest BCUT2D eigenvalue weighted by Gasteiger charge is -2.12. The second-order valence-corrected chi connectivity index (χ2v) is 7.69. The Hall–Kier alpha value is -0.750. The van der Waals surface area contributed by atoms with Gasteiger partial charge in [-0.05, 0) is 59.1 Å². The summed E-state index contributed by atoms with van der Waals surface area (Å²) < 4.78 is 30.3. The molecule has 0 aliphatic rings. The predicted octanol–water partition coefficient (Wildman–Crippen LogP) is 5.14. The van der Waals surface area contributed by atoms with Gasteiger partial charge in [-0.25, -0.2) is 0 Å². The van der Waals surface area contributed by atoms with E-state index in [4.69, 9.17) is 27.4 Å². The van der Waals surface area contributed by atoms with E-state index in [1.54, 1.807) is 19.1 Å². The largest absolute Gasteiger partial charge is 0.379 e. The van der Waals surface area contributed by atoms with Crippen LogP contribution in [0, 0.1) is 13.8 Å². The van der Waals surface area contributed by atoms with Crippen molar-refractivity contribution < 1.29 is 12.6 Å². The Morgan fingerprint density at radius 2 is 1.67 bits per heavy atom. The van der Waals surface area contributed by atoms with Gasteiger partial charge >= 0.3 is 10.1 Å². The highest BCUT2D eigenvalue weighted by atomic mass is 79.9. The Morgan fingerprint density at radius 3 is 2.33 bits per heavy atom. The van der Waals surface area contributed by atoms with Gasteiger partial charge in [0.2, 0.25) is 0 Å². The normalized spacial score (nSPS) is 11.5. The Labute approximate surface area is 142 Å². The summed E-state index contributed by atoms with van der Waals surface area (Å²) >= 11 is 14.9. The lowest BCUT2D eigenvalue weighted by Crippen LogP contribution is -2.11. The van der Waals surface area contributed by atoms with E-state index >= 15 is 0 Å². The molecule has 2 rings (SSSR count). The molecule has 2 aromatic carbocycles. The quantitative estimate of drug-likeness (QED) is 0.520. The molecule has 0 radical (unpaired) electrons. The maximum atomic E-state index is 12.4. The summed E-state index contributed by atoms with van der Waals surface area (Å²) in [6.07, 6.45) is 0. The third-order valence-electron chi connectivity index (χ3n) is 2.79. The molecular weight excluding hydrogens is 399 g/mol. The van der Waals surface area contributed by atoms with Gasteiger partial charge in [-0.1, -0.05) is 35.3 Å². The van der Waals surface area contributed by atoms with Crippen molar-refractivity contribution in [2.75, 3.05) is 0 Å². The molecule has 0 bridgehead atoms. The number of benzene rings is 2. The summed E-state index contributed by atoms with van der Waals surface area (Å²) in [6, 6.07) is 8.02. The summed E-state index contributed by atoms with van der Waals surface area (Å²) in [7, 11) is -4.01. The minimum absolute atomic E-state index is 0.0715. The molecule has 0 aromatic heterocycles. The van der Waals surface area contributed by atoms with Crippen LogP contribution in [0.5, 0.6) is 5.75 Å². The van der Waals surface area contributed by atoms with Gasteiger partial charge < -0.3 is 4.18 Å². The van der Waals surface area contributed by atoms with Crippen molar-refractivity contribution in [3.8, 4) is 5.75 Å². The van der Waals surface area contributed by atoms with Crippen molar-refractivity contribution in [3.05, 3.63) is 56.0 Å². The molecule has 2 aromatic rings. The summed E-state index contributed by atoms with van der Waals surface area (Å²) in [5.41, 5.74) is 1.62. The minimum Gasteiger partial charge on any atom is -0.379 e. The maximum Gasteiger partial charge on any atom is 0.340 e. The molecule has 0 amide bonds. The third kappa shape index (κ3) is 3.72. The molecule has 0 aliphatic carbocycles. The smallest absolute Gasteiger partial charge is 0.340 e. The van der Waals surface area contributed by atoms with E-state index in [0.29, 0.717) is 4.47 Å². The average molecular weight is 410 g/mol. The maximum absolute atomic E-state index is 12.4. The van der Waals surface area contributed by atoms with Gasteiger partial charge in [-0.3, -0.25) is 0 Å². The molecule has 0 fully saturated rings. The average Bonchev–Trinajstić information content (AvgIpc) is 2.37. The molecule has 21 heavy (non-hydrogen) atoms. The zero-order valence-electron chi connectivity index (χ0n) is 11.2. The molecule has 0 atom stereocenters. The monoisotopic (exact) mass is 408 g/mol. The molecule has 0 saturated heterocycles. The lowest BCUT2D eigenvalue weighted by molar-refractivity contribution is 0.483. The predicted molar refractivity (Wildman–Crippen MR) is 87.9 cm³/mol. The number of halogens is 3. The highest BCUT2D eigenvalue weighted by Gasteiger charge is 2.22. The first-order valence-electron chi connectivity index (χ1n) is 5.87. The molecule has 0 unspecified atom stereocenters. The van der Waals surface area contributed by atoms with Gasteiger partial charge in [-0.2, -0.15) is 8.42 Å². The fraction of sp³-hybridized carbons (Fsp3) is 0.143. The van der Waals surface area contributed by atoms with Gasteiger partial charge in [-0.15, -0.1) is 0 Å². The van der Waals surface area contributed by atoms with Crippen molar-refractivity contribution in [3.63, 3.8) is 0 Å². The summed E-state index contributed by atoms with van der Waals surface area (Å²) in [5, 5.41) is 0.400. The number of rotatable bonds is 3. The molecule has 0 spiro atoms. The van der Waals surface area contributed by atoms with E-state index in [2.05, 4.69) is 15.9 Å². The van der Waals surface area contributed by atoms with Crippen LogP contribution in [0.2, 0.25) is 10.0 Å². The van der Waals surface area contributed by atoms with Crippen LogP contribution in [0.25, 0.3) is 0 Å². The molecule has 0 aliphatic heterocycles. The molecule has 0 heterocycles. The molecule has 0 N–H and O–H groups in total. The minimum atomic E-state index is -4.01. The van der Waals surface area contributed by atoms with Crippen LogP contribution in [0.1, 0.15) is 11.1 Å². The van der Waals surface area contributed by atoms with Gasteiger partial charge in [0, 0.05) is 4.47 Å². The number of hydrogen-bond donors (Lipinski definition) is 0. The van der Waals surface area contributed by atoms with Crippen LogP contribution >= 0.6 is 39.1 Å². The fourth-order valence-corrected chi connectivity index (χ4v) is 4.18. The Balaban J connectivity index is 2.48. The zero-order valence-corrected chi connectivity index (χ0v) is 15.1. The first-order chi connectivity index (χ1) is 9.70. The third-order valence-corrected chi connectivity index (χ3v) is 5.70. The first kappa shape index (κ1) is 16.6. The molecule has 3 nitrogen and oxygen atoms in total.